The van der Waals surface area contributed by atoms with Crippen LogP contribution < -0.4 is 4.90 Å². The molecule has 1 aliphatic rings. The predicted octanol–water partition coefficient (Wildman–Crippen LogP) is 2.22. The quantitative estimate of drug-likeness (QED) is 0.863. The fourth-order valence-electron chi connectivity index (χ4n) is 3.01. The van der Waals surface area contributed by atoms with Crippen LogP contribution in [0.4, 0.5) is 5.82 Å². The Balaban J connectivity index is 1.80. The molecule has 0 N–H and O–H groups in total. The summed E-state index contributed by atoms with van der Waals surface area (Å²) in [5, 5.41) is 0. The molecule has 0 aromatic carbocycles. The third kappa shape index (κ3) is 2.93. The Bertz CT molecular complexity index is 604. The Morgan fingerprint density at radius 3 is 2.86 bits per heavy atom. The summed E-state index contributed by atoms with van der Waals surface area (Å²) in [6.07, 6.45) is 8.26. The Hall–Kier alpha value is -1.88. The number of nitrogens with zero attached hydrogens (tertiary/aromatic N) is 5. The van der Waals surface area contributed by atoms with Gasteiger partial charge in [-0.15, -0.1) is 0 Å². The summed E-state index contributed by atoms with van der Waals surface area (Å²) in [4.78, 5) is 13.5. The van der Waals surface area contributed by atoms with E-state index < -0.39 is 0 Å². The number of likely N-dealkylation sites (tertiary alicyclic amines) is 1. The molecule has 0 spiro atoms. The number of aryl methyl sites for hydroxylation is 1. The lowest BCUT2D eigenvalue weighted by Gasteiger charge is -2.25. The lowest BCUT2D eigenvalue weighted by atomic mass is 10.1. The van der Waals surface area contributed by atoms with E-state index in [2.05, 4.69) is 43.5 Å². The van der Waals surface area contributed by atoms with Gasteiger partial charge in [0.15, 0.2) is 0 Å². The second-order valence-corrected chi connectivity index (χ2v) is 5.92. The summed E-state index contributed by atoms with van der Waals surface area (Å²) in [6.45, 7) is 2.05. The Labute approximate surface area is 126 Å². The minimum Gasteiger partial charge on any atom is -0.363 e. The fraction of sp³-hybridized carbons (Fsp3) is 0.500. The van der Waals surface area contributed by atoms with Gasteiger partial charge in [-0.25, -0.2) is 9.97 Å². The number of rotatable bonds is 4. The van der Waals surface area contributed by atoms with Crippen molar-refractivity contribution < 1.29 is 0 Å². The monoisotopic (exact) mass is 285 g/mol. The van der Waals surface area contributed by atoms with Crippen molar-refractivity contribution in [3.05, 3.63) is 42.1 Å². The Kier molecular flexibility index (Phi) is 3.92. The summed E-state index contributed by atoms with van der Waals surface area (Å²) < 4.78 is 2.10. The average molecular weight is 285 g/mol. The maximum atomic E-state index is 4.45. The molecule has 0 aliphatic carbocycles. The largest absolute Gasteiger partial charge is 0.363 e. The normalized spacial score (nSPS) is 19.1. The maximum absolute atomic E-state index is 4.45. The van der Waals surface area contributed by atoms with E-state index in [9.17, 15) is 0 Å². The third-order valence-corrected chi connectivity index (χ3v) is 4.24. The van der Waals surface area contributed by atoms with Crippen molar-refractivity contribution in [2.75, 3.05) is 25.5 Å². The number of anilines is 1. The minimum atomic E-state index is 0.475. The van der Waals surface area contributed by atoms with E-state index in [-0.39, 0.29) is 0 Å². The molecule has 0 saturated carbocycles. The van der Waals surface area contributed by atoms with E-state index in [0.717, 1.165) is 24.7 Å². The number of hydrogen-bond acceptors (Lipinski definition) is 4. The first kappa shape index (κ1) is 14.1. The van der Waals surface area contributed by atoms with Crippen molar-refractivity contribution in [3.63, 3.8) is 0 Å². The molecule has 1 fully saturated rings. The van der Waals surface area contributed by atoms with Crippen LogP contribution in [-0.4, -0.2) is 40.1 Å². The van der Waals surface area contributed by atoms with Crippen molar-refractivity contribution in [3.8, 4) is 0 Å². The molecular weight excluding hydrogens is 262 g/mol. The van der Waals surface area contributed by atoms with Crippen LogP contribution in [0.25, 0.3) is 0 Å². The first-order valence-corrected chi connectivity index (χ1v) is 7.48. The molecule has 0 unspecified atom stereocenters. The van der Waals surface area contributed by atoms with Crippen molar-refractivity contribution in [1.29, 1.82) is 0 Å². The van der Waals surface area contributed by atoms with E-state index in [4.69, 9.17) is 0 Å². The second kappa shape index (κ2) is 5.85. The molecule has 2 aromatic rings. The van der Waals surface area contributed by atoms with E-state index in [0.29, 0.717) is 6.04 Å². The van der Waals surface area contributed by atoms with Gasteiger partial charge in [-0.1, -0.05) is 0 Å². The summed E-state index contributed by atoms with van der Waals surface area (Å²) in [7, 11) is 6.13. The zero-order valence-corrected chi connectivity index (χ0v) is 13.0. The van der Waals surface area contributed by atoms with Gasteiger partial charge in [-0.2, -0.15) is 0 Å². The SMILES string of the molecule is CN(C)c1cc([C@H]2CCCN2Cc2nccn2C)ccn1. The van der Waals surface area contributed by atoms with Gasteiger partial charge in [0.2, 0.25) is 0 Å². The summed E-state index contributed by atoms with van der Waals surface area (Å²) in [5.41, 5.74) is 1.36. The topological polar surface area (TPSA) is 37.2 Å². The van der Waals surface area contributed by atoms with Crippen LogP contribution in [0.2, 0.25) is 0 Å². The van der Waals surface area contributed by atoms with E-state index >= 15 is 0 Å². The van der Waals surface area contributed by atoms with E-state index in [1.807, 2.05) is 32.7 Å². The fourth-order valence-corrected chi connectivity index (χ4v) is 3.01. The average Bonchev–Trinajstić information content (AvgIpc) is 3.09. The van der Waals surface area contributed by atoms with Crippen LogP contribution in [0.3, 0.4) is 0 Å². The Morgan fingerprint density at radius 2 is 2.14 bits per heavy atom. The highest BCUT2D eigenvalue weighted by Gasteiger charge is 2.27. The van der Waals surface area contributed by atoms with Crippen molar-refractivity contribution in [2.24, 2.45) is 7.05 Å². The molecule has 3 heterocycles. The molecule has 1 atom stereocenters. The van der Waals surface area contributed by atoms with Gasteiger partial charge in [0.25, 0.3) is 0 Å². The molecule has 1 aliphatic heterocycles. The molecule has 0 radical (unpaired) electrons. The highest BCUT2D eigenvalue weighted by molar-refractivity contribution is 5.40. The van der Waals surface area contributed by atoms with Crippen LogP contribution in [0.15, 0.2) is 30.7 Å². The standard InChI is InChI=1S/C16H23N5/c1-19(2)15-11-13(6-7-17-15)14-5-4-9-21(14)12-16-18-8-10-20(16)3/h6-8,10-11,14H,4-5,9,12H2,1-3H3/t14-/m1/s1. The molecule has 0 amide bonds. The van der Waals surface area contributed by atoms with Crippen LogP contribution in [0.1, 0.15) is 30.3 Å². The van der Waals surface area contributed by atoms with Gasteiger partial charge in [0.05, 0.1) is 6.54 Å². The summed E-state index contributed by atoms with van der Waals surface area (Å²) >= 11 is 0. The first-order valence-electron chi connectivity index (χ1n) is 7.48. The molecule has 2 aromatic heterocycles. The third-order valence-electron chi connectivity index (χ3n) is 4.24. The van der Waals surface area contributed by atoms with Crippen molar-refractivity contribution >= 4 is 5.82 Å². The first-order chi connectivity index (χ1) is 10.1. The van der Waals surface area contributed by atoms with Crippen molar-refractivity contribution in [1.82, 2.24) is 19.4 Å². The van der Waals surface area contributed by atoms with Crippen LogP contribution >= 0.6 is 0 Å². The lowest BCUT2D eigenvalue weighted by Crippen LogP contribution is -2.24. The minimum absolute atomic E-state index is 0.475. The number of hydrogen-bond donors (Lipinski definition) is 0. The number of pyridine rings is 1. The van der Waals surface area contributed by atoms with E-state index in [1.165, 1.54) is 18.4 Å². The van der Waals surface area contributed by atoms with E-state index in [1.54, 1.807) is 0 Å². The molecular formula is C16H23N5. The highest BCUT2D eigenvalue weighted by Crippen LogP contribution is 2.33. The van der Waals surface area contributed by atoms with Gasteiger partial charge in [-0.3, -0.25) is 4.90 Å². The van der Waals surface area contributed by atoms with Gasteiger partial charge in [-0.05, 0) is 37.1 Å². The zero-order chi connectivity index (χ0) is 14.8. The number of aromatic nitrogens is 3. The smallest absolute Gasteiger partial charge is 0.128 e. The van der Waals surface area contributed by atoms with Crippen LogP contribution in [0.5, 0.6) is 0 Å². The number of imidazole rings is 1. The van der Waals surface area contributed by atoms with Crippen LogP contribution in [-0.2, 0) is 13.6 Å². The predicted molar refractivity (Wildman–Crippen MR) is 84.2 cm³/mol. The molecule has 1 saturated heterocycles. The molecule has 5 nitrogen and oxygen atoms in total. The van der Waals surface area contributed by atoms with Gasteiger partial charge in [0, 0.05) is 45.8 Å². The van der Waals surface area contributed by atoms with Crippen molar-refractivity contribution in [2.45, 2.75) is 25.4 Å². The zero-order valence-electron chi connectivity index (χ0n) is 13.0. The lowest BCUT2D eigenvalue weighted by molar-refractivity contribution is 0.240. The maximum Gasteiger partial charge on any atom is 0.128 e. The van der Waals surface area contributed by atoms with Gasteiger partial charge >= 0.3 is 0 Å². The van der Waals surface area contributed by atoms with Gasteiger partial charge in [0.1, 0.15) is 11.6 Å². The molecule has 112 valence electrons. The summed E-state index contributed by atoms with van der Waals surface area (Å²) in [5.74, 6) is 2.15. The molecule has 21 heavy (non-hydrogen) atoms. The molecule has 5 heteroatoms. The molecule has 3 rings (SSSR count). The van der Waals surface area contributed by atoms with Gasteiger partial charge < -0.3 is 9.47 Å². The molecule has 0 bridgehead atoms. The highest BCUT2D eigenvalue weighted by atomic mass is 15.2. The summed E-state index contributed by atoms with van der Waals surface area (Å²) in [6, 6.07) is 4.83. The Morgan fingerprint density at radius 1 is 1.29 bits per heavy atom. The second-order valence-electron chi connectivity index (χ2n) is 5.92. The van der Waals surface area contributed by atoms with Crippen LogP contribution in [0, 0.1) is 0 Å².